The van der Waals surface area contributed by atoms with Gasteiger partial charge in [0.2, 0.25) is 0 Å². The van der Waals surface area contributed by atoms with Gasteiger partial charge in [-0.3, -0.25) is 4.90 Å². The van der Waals surface area contributed by atoms with Crippen LogP contribution >= 0.6 is 23.2 Å². The van der Waals surface area contributed by atoms with Crippen LogP contribution in [-0.2, 0) is 4.74 Å². The van der Waals surface area contributed by atoms with Crippen LogP contribution in [0.4, 0.5) is 0 Å². The molecule has 1 aliphatic heterocycles. The Kier molecular flexibility index (Phi) is 6.12. The molecule has 1 aliphatic rings. The summed E-state index contributed by atoms with van der Waals surface area (Å²) in [5.74, 6) is 0. The number of benzene rings is 1. The van der Waals surface area contributed by atoms with Gasteiger partial charge in [-0.2, -0.15) is 0 Å². The monoisotopic (exact) mass is 316 g/mol. The Morgan fingerprint density at radius 3 is 2.95 bits per heavy atom. The summed E-state index contributed by atoms with van der Waals surface area (Å²) in [6.45, 7) is 5.88. The second-order valence-electron chi connectivity index (χ2n) is 5.23. The van der Waals surface area contributed by atoms with Crippen molar-refractivity contribution in [1.82, 2.24) is 10.2 Å². The van der Waals surface area contributed by atoms with Crippen molar-refractivity contribution < 1.29 is 4.74 Å². The van der Waals surface area contributed by atoms with Gasteiger partial charge in [-0.05, 0) is 32.0 Å². The summed E-state index contributed by atoms with van der Waals surface area (Å²) in [5, 5.41) is 4.61. The van der Waals surface area contributed by atoms with Crippen molar-refractivity contribution in [2.75, 3.05) is 33.4 Å². The highest BCUT2D eigenvalue weighted by Crippen LogP contribution is 2.31. The Labute approximate surface area is 131 Å². The first-order chi connectivity index (χ1) is 9.63. The lowest BCUT2D eigenvalue weighted by Gasteiger charge is -2.34. The fraction of sp³-hybridized carbons (Fsp3) is 0.600. The predicted molar refractivity (Wildman–Crippen MR) is 84.7 cm³/mol. The van der Waals surface area contributed by atoms with Gasteiger partial charge in [-0.1, -0.05) is 35.3 Å². The molecule has 112 valence electrons. The van der Waals surface area contributed by atoms with E-state index in [0.717, 1.165) is 38.3 Å². The molecule has 0 aliphatic carbocycles. The average Bonchev–Trinajstić information content (AvgIpc) is 2.45. The second kappa shape index (κ2) is 7.62. The predicted octanol–water partition coefficient (Wildman–Crippen LogP) is 3.36. The molecule has 0 bridgehead atoms. The van der Waals surface area contributed by atoms with E-state index in [1.807, 2.05) is 25.2 Å². The Morgan fingerprint density at radius 2 is 2.25 bits per heavy atom. The van der Waals surface area contributed by atoms with Crippen LogP contribution in [0.25, 0.3) is 0 Å². The number of rotatable bonds is 5. The zero-order valence-corrected chi connectivity index (χ0v) is 13.5. The van der Waals surface area contributed by atoms with Crippen molar-refractivity contribution in [1.29, 1.82) is 0 Å². The molecule has 2 unspecified atom stereocenters. The first kappa shape index (κ1) is 16.1. The van der Waals surface area contributed by atoms with Gasteiger partial charge in [0.1, 0.15) is 0 Å². The molecule has 1 saturated heterocycles. The van der Waals surface area contributed by atoms with Gasteiger partial charge >= 0.3 is 0 Å². The van der Waals surface area contributed by atoms with Crippen LogP contribution in [0.3, 0.4) is 0 Å². The molecule has 1 aromatic carbocycles. The molecule has 2 atom stereocenters. The minimum absolute atomic E-state index is 0.219. The molecule has 0 saturated carbocycles. The van der Waals surface area contributed by atoms with Gasteiger partial charge in [0.15, 0.2) is 0 Å². The molecular weight excluding hydrogens is 295 g/mol. The number of nitrogens with one attached hydrogen (secondary N) is 1. The topological polar surface area (TPSA) is 24.5 Å². The molecule has 0 aromatic heterocycles. The SMILES string of the molecule is CNC(CCN1CCOCC1C)c1cccc(Cl)c1Cl. The average molecular weight is 317 g/mol. The van der Waals surface area contributed by atoms with Gasteiger partial charge in [0.25, 0.3) is 0 Å². The number of hydrogen-bond donors (Lipinski definition) is 1. The fourth-order valence-corrected chi connectivity index (χ4v) is 3.07. The maximum Gasteiger partial charge on any atom is 0.0640 e. The zero-order valence-electron chi connectivity index (χ0n) is 12.0. The van der Waals surface area contributed by atoms with E-state index in [0.29, 0.717) is 16.1 Å². The van der Waals surface area contributed by atoms with E-state index in [9.17, 15) is 0 Å². The second-order valence-corrected chi connectivity index (χ2v) is 6.02. The third kappa shape index (κ3) is 3.86. The summed E-state index contributed by atoms with van der Waals surface area (Å²) in [7, 11) is 1.96. The summed E-state index contributed by atoms with van der Waals surface area (Å²) in [4.78, 5) is 2.46. The van der Waals surface area contributed by atoms with Crippen LogP contribution in [0.15, 0.2) is 18.2 Å². The molecular formula is C15H22Cl2N2O. The standard InChI is InChI=1S/C15H22Cl2N2O/c1-11-10-20-9-8-19(11)7-6-14(18-2)12-4-3-5-13(16)15(12)17/h3-5,11,14,18H,6-10H2,1-2H3. The van der Waals surface area contributed by atoms with Gasteiger partial charge < -0.3 is 10.1 Å². The van der Waals surface area contributed by atoms with Crippen molar-refractivity contribution in [2.24, 2.45) is 0 Å². The van der Waals surface area contributed by atoms with Crippen molar-refractivity contribution >= 4 is 23.2 Å². The molecule has 1 N–H and O–H groups in total. The lowest BCUT2D eigenvalue weighted by molar-refractivity contribution is -0.00173. The summed E-state index contributed by atoms with van der Waals surface area (Å²) >= 11 is 12.4. The van der Waals surface area contributed by atoms with Crippen molar-refractivity contribution in [3.8, 4) is 0 Å². The highest BCUT2D eigenvalue weighted by Gasteiger charge is 2.21. The number of ether oxygens (including phenoxy) is 1. The van der Waals surface area contributed by atoms with Gasteiger partial charge in [0.05, 0.1) is 23.3 Å². The fourth-order valence-electron chi connectivity index (χ4n) is 2.63. The summed E-state index contributed by atoms with van der Waals surface area (Å²) < 4.78 is 5.47. The Morgan fingerprint density at radius 1 is 1.45 bits per heavy atom. The molecule has 0 amide bonds. The van der Waals surface area contributed by atoms with E-state index in [-0.39, 0.29) is 6.04 Å². The van der Waals surface area contributed by atoms with Crippen LogP contribution in [0, 0.1) is 0 Å². The first-order valence-electron chi connectivity index (χ1n) is 7.06. The van der Waals surface area contributed by atoms with E-state index in [2.05, 4.69) is 17.1 Å². The van der Waals surface area contributed by atoms with Gasteiger partial charge in [-0.25, -0.2) is 0 Å². The largest absolute Gasteiger partial charge is 0.379 e. The number of morpholine rings is 1. The highest BCUT2D eigenvalue weighted by molar-refractivity contribution is 6.42. The zero-order chi connectivity index (χ0) is 14.5. The third-order valence-electron chi connectivity index (χ3n) is 3.92. The van der Waals surface area contributed by atoms with E-state index in [4.69, 9.17) is 27.9 Å². The molecule has 0 spiro atoms. The maximum atomic E-state index is 6.31. The maximum absolute atomic E-state index is 6.31. The van der Waals surface area contributed by atoms with Crippen LogP contribution in [-0.4, -0.2) is 44.3 Å². The van der Waals surface area contributed by atoms with Crippen LogP contribution in [0.5, 0.6) is 0 Å². The lowest BCUT2D eigenvalue weighted by atomic mass is 10.0. The number of halogens is 2. The number of hydrogen-bond acceptors (Lipinski definition) is 3. The summed E-state index contributed by atoms with van der Waals surface area (Å²) in [6, 6.07) is 6.51. The van der Waals surface area contributed by atoms with Gasteiger partial charge in [-0.15, -0.1) is 0 Å². The molecule has 3 nitrogen and oxygen atoms in total. The quantitative estimate of drug-likeness (QED) is 0.901. The Hall–Kier alpha value is -0.320. The molecule has 5 heteroatoms. The third-order valence-corrected chi connectivity index (χ3v) is 4.75. The van der Waals surface area contributed by atoms with Gasteiger partial charge in [0, 0.05) is 25.2 Å². The Balaban J connectivity index is 2.00. The van der Waals surface area contributed by atoms with E-state index in [1.54, 1.807) is 0 Å². The van der Waals surface area contributed by atoms with E-state index in [1.165, 1.54) is 0 Å². The Bertz CT molecular complexity index is 442. The smallest absolute Gasteiger partial charge is 0.0640 e. The molecule has 1 heterocycles. The minimum Gasteiger partial charge on any atom is -0.379 e. The first-order valence-corrected chi connectivity index (χ1v) is 7.82. The van der Waals surface area contributed by atoms with Crippen LogP contribution in [0.2, 0.25) is 10.0 Å². The van der Waals surface area contributed by atoms with E-state index >= 15 is 0 Å². The molecule has 1 fully saturated rings. The molecule has 20 heavy (non-hydrogen) atoms. The van der Waals surface area contributed by atoms with Crippen molar-refractivity contribution in [2.45, 2.75) is 25.4 Å². The van der Waals surface area contributed by atoms with Crippen molar-refractivity contribution in [3.05, 3.63) is 33.8 Å². The lowest BCUT2D eigenvalue weighted by Crippen LogP contribution is -2.44. The summed E-state index contributed by atoms with van der Waals surface area (Å²) in [6.07, 6.45) is 1.00. The minimum atomic E-state index is 0.219. The number of nitrogens with zero attached hydrogens (tertiary/aromatic N) is 1. The molecule has 0 radical (unpaired) electrons. The van der Waals surface area contributed by atoms with Crippen LogP contribution < -0.4 is 5.32 Å². The normalized spacial score (nSPS) is 21.9. The molecule has 2 rings (SSSR count). The van der Waals surface area contributed by atoms with E-state index < -0.39 is 0 Å². The van der Waals surface area contributed by atoms with Crippen LogP contribution in [0.1, 0.15) is 24.9 Å². The highest BCUT2D eigenvalue weighted by atomic mass is 35.5. The summed E-state index contributed by atoms with van der Waals surface area (Å²) in [5.41, 5.74) is 1.07. The van der Waals surface area contributed by atoms with Crippen molar-refractivity contribution in [3.63, 3.8) is 0 Å². The molecule has 1 aromatic rings.